The first-order valence-corrected chi connectivity index (χ1v) is 8.76. The van der Waals surface area contributed by atoms with Crippen molar-refractivity contribution in [2.75, 3.05) is 85.6 Å². The fourth-order valence-corrected chi connectivity index (χ4v) is 3.35. The molecule has 132 valence electrons. The Balaban J connectivity index is 1.70. The Kier molecular flexibility index (Phi) is 6.03. The van der Waals surface area contributed by atoms with Crippen LogP contribution in [0.4, 0.5) is 0 Å². The molecule has 3 rings (SSSR count). The molecule has 0 spiro atoms. The van der Waals surface area contributed by atoms with E-state index in [-0.39, 0.29) is 0 Å². The van der Waals surface area contributed by atoms with Gasteiger partial charge in [0.1, 0.15) is 0 Å². The van der Waals surface area contributed by atoms with Gasteiger partial charge in [-0.3, -0.25) is 10.4 Å². The number of rotatable bonds is 3. The molecule has 0 radical (unpaired) electrons. The van der Waals surface area contributed by atoms with Crippen LogP contribution in [0.5, 0.6) is 0 Å². The average Bonchev–Trinajstić information content (AvgIpc) is 2.64. The molecule has 3 aliphatic rings. The first-order chi connectivity index (χ1) is 11.3. The quantitative estimate of drug-likeness (QED) is 0.339. The molecule has 0 bridgehead atoms. The van der Waals surface area contributed by atoms with Crippen molar-refractivity contribution in [2.45, 2.75) is 0 Å². The lowest BCUT2D eigenvalue weighted by molar-refractivity contribution is -0.152. The van der Waals surface area contributed by atoms with Gasteiger partial charge in [-0.25, -0.2) is 20.1 Å². The molecule has 0 aromatic rings. The van der Waals surface area contributed by atoms with Crippen LogP contribution >= 0.6 is 0 Å². The van der Waals surface area contributed by atoms with Crippen LogP contribution < -0.4 is 16.0 Å². The molecule has 0 aliphatic carbocycles. The molecule has 3 fully saturated rings. The van der Waals surface area contributed by atoms with Crippen molar-refractivity contribution in [1.82, 2.24) is 41.1 Å². The summed E-state index contributed by atoms with van der Waals surface area (Å²) in [7, 11) is 2.02. The number of guanidine groups is 1. The van der Waals surface area contributed by atoms with Crippen LogP contribution in [0.2, 0.25) is 0 Å². The highest BCUT2D eigenvalue weighted by molar-refractivity contribution is 5.75. The molecular formula is C14H31N9. The van der Waals surface area contributed by atoms with Crippen LogP contribution in [0, 0.1) is 5.41 Å². The minimum atomic E-state index is 0.552. The van der Waals surface area contributed by atoms with Gasteiger partial charge in [-0.15, -0.1) is 0 Å². The van der Waals surface area contributed by atoms with Gasteiger partial charge in [-0.1, -0.05) is 0 Å². The zero-order valence-corrected chi connectivity index (χ0v) is 14.2. The van der Waals surface area contributed by atoms with E-state index in [1.54, 1.807) is 0 Å². The van der Waals surface area contributed by atoms with Gasteiger partial charge in [0.05, 0.1) is 0 Å². The molecule has 9 nitrogen and oxygen atoms in total. The molecule has 3 heterocycles. The number of hydrogen-bond acceptors (Lipinski definition) is 7. The SMILES string of the molecule is CN(C(=N)N(N1CCNCC1)N1CCNCC1)N1CCNCC1. The summed E-state index contributed by atoms with van der Waals surface area (Å²) in [5.41, 5.74) is 0. The monoisotopic (exact) mass is 325 g/mol. The van der Waals surface area contributed by atoms with Gasteiger partial charge < -0.3 is 16.0 Å². The number of nitrogens with zero attached hydrogens (tertiary/aromatic N) is 5. The van der Waals surface area contributed by atoms with E-state index in [0.717, 1.165) is 78.5 Å². The van der Waals surface area contributed by atoms with Gasteiger partial charge in [0.15, 0.2) is 0 Å². The Morgan fingerprint density at radius 1 is 0.696 bits per heavy atom. The van der Waals surface area contributed by atoms with Gasteiger partial charge in [0.2, 0.25) is 5.96 Å². The van der Waals surface area contributed by atoms with Gasteiger partial charge in [0.25, 0.3) is 0 Å². The largest absolute Gasteiger partial charge is 0.314 e. The van der Waals surface area contributed by atoms with E-state index in [9.17, 15) is 0 Å². The van der Waals surface area contributed by atoms with Crippen LogP contribution in [0.3, 0.4) is 0 Å². The summed E-state index contributed by atoms with van der Waals surface area (Å²) < 4.78 is 0. The highest BCUT2D eigenvalue weighted by atomic mass is 15.9. The zero-order chi connectivity index (χ0) is 16.1. The number of hydrazine groups is 3. The third kappa shape index (κ3) is 4.11. The van der Waals surface area contributed by atoms with Crippen molar-refractivity contribution in [3.8, 4) is 0 Å². The zero-order valence-electron chi connectivity index (χ0n) is 14.2. The van der Waals surface area contributed by atoms with E-state index in [0.29, 0.717) is 5.96 Å². The van der Waals surface area contributed by atoms with Crippen LogP contribution in [0.25, 0.3) is 0 Å². The average molecular weight is 325 g/mol. The predicted molar refractivity (Wildman–Crippen MR) is 90.7 cm³/mol. The van der Waals surface area contributed by atoms with E-state index in [1.807, 2.05) is 12.1 Å². The van der Waals surface area contributed by atoms with Gasteiger partial charge >= 0.3 is 0 Å². The second-order valence-electron chi connectivity index (χ2n) is 6.25. The summed E-state index contributed by atoms with van der Waals surface area (Å²) in [6.07, 6.45) is 0. The molecule has 0 saturated carbocycles. The first-order valence-electron chi connectivity index (χ1n) is 8.76. The first kappa shape index (κ1) is 16.9. The molecule has 9 heteroatoms. The van der Waals surface area contributed by atoms with Crippen molar-refractivity contribution in [3.63, 3.8) is 0 Å². The number of nitrogens with one attached hydrogen (secondary N) is 4. The highest BCUT2D eigenvalue weighted by Gasteiger charge is 2.31. The van der Waals surface area contributed by atoms with Crippen molar-refractivity contribution >= 4 is 5.96 Å². The lowest BCUT2D eigenvalue weighted by atomic mass is 10.4. The summed E-state index contributed by atoms with van der Waals surface area (Å²) in [6, 6.07) is 0. The lowest BCUT2D eigenvalue weighted by Gasteiger charge is -2.49. The molecule has 0 atom stereocenters. The molecule has 3 aliphatic heterocycles. The summed E-state index contributed by atoms with van der Waals surface area (Å²) in [4.78, 5) is 0. The summed E-state index contributed by atoms with van der Waals surface area (Å²) in [5, 5.41) is 30.0. The van der Waals surface area contributed by atoms with Crippen molar-refractivity contribution in [3.05, 3.63) is 0 Å². The Morgan fingerprint density at radius 2 is 1.04 bits per heavy atom. The topological polar surface area (TPSA) is 76.1 Å². The molecule has 4 N–H and O–H groups in total. The Labute approximate surface area is 139 Å². The maximum Gasteiger partial charge on any atom is 0.238 e. The minimum absolute atomic E-state index is 0.552. The fourth-order valence-electron chi connectivity index (χ4n) is 3.35. The minimum Gasteiger partial charge on any atom is -0.314 e. The van der Waals surface area contributed by atoms with Crippen molar-refractivity contribution in [2.24, 2.45) is 0 Å². The van der Waals surface area contributed by atoms with Gasteiger partial charge in [0, 0.05) is 85.6 Å². The number of piperazine rings is 3. The third-order valence-corrected chi connectivity index (χ3v) is 4.74. The Bertz CT molecular complexity index is 354. The van der Waals surface area contributed by atoms with E-state index in [2.05, 4.69) is 36.1 Å². The lowest BCUT2D eigenvalue weighted by Crippen LogP contribution is -2.68. The summed E-state index contributed by atoms with van der Waals surface area (Å²) in [6.45, 7) is 11.6. The third-order valence-electron chi connectivity index (χ3n) is 4.74. The van der Waals surface area contributed by atoms with E-state index in [4.69, 9.17) is 5.41 Å². The summed E-state index contributed by atoms with van der Waals surface area (Å²) in [5.74, 6) is 0.552. The van der Waals surface area contributed by atoms with Crippen molar-refractivity contribution in [1.29, 1.82) is 5.41 Å². The Morgan fingerprint density at radius 3 is 1.43 bits per heavy atom. The molecule has 0 unspecified atom stereocenters. The number of hydrogen-bond donors (Lipinski definition) is 4. The van der Waals surface area contributed by atoms with Crippen LogP contribution in [-0.2, 0) is 0 Å². The standard InChI is InChI=1S/C14H31N9/c1-19(20-8-2-16-3-9-20)14(15)23(21-10-4-17-5-11-21)22-12-6-18-7-13-22/h15-18H,2-13H2,1H3. The van der Waals surface area contributed by atoms with E-state index < -0.39 is 0 Å². The van der Waals surface area contributed by atoms with Crippen LogP contribution in [-0.4, -0.2) is 117 Å². The molecular weight excluding hydrogens is 294 g/mol. The van der Waals surface area contributed by atoms with Gasteiger partial charge in [-0.2, -0.15) is 0 Å². The second-order valence-corrected chi connectivity index (χ2v) is 6.25. The maximum atomic E-state index is 8.83. The smallest absolute Gasteiger partial charge is 0.238 e. The van der Waals surface area contributed by atoms with Crippen molar-refractivity contribution < 1.29 is 0 Å². The maximum absolute atomic E-state index is 8.83. The van der Waals surface area contributed by atoms with E-state index >= 15 is 0 Å². The molecule has 0 aromatic heterocycles. The summed E-state index contributed by atoms with van der Waals surface area (Å²) >= 11 is 0. The van der Waals surface area contributed by atoms with Crippen LogP contribution in [0.1, 0.15) is 0 Å². The normalized spacial score (nSPS) is 25.3. The molecule has 3 saturated heterocycles. The fraction of sp³-hybridized carbons (Fsp3) is 0.929. The van der Waals surface area contributed by atoms with Gasteiger partial charge in [-0.05, 0) is 0 Å². The van der Waals surface area contributed by atoms with E-state index in [1.165, 1.54) is 0 Å². The second kappa shape index (κ2) is 8.22. The Hall–Kier alpha value is -0.970. The predicted octanol–water partition coefficient (Wildman–Crippen LogP) is -2.38. The molecule has 0 aromatic carbocycles. The highest BCUT2D eigenvalue weighted by Crippen LogP contribution is 2.11. The molecule has 23 heavy (non-hydrogen) atoms. The van der Waals surface area contributed by atoms with Crippen LogP contribution in [0.15, 0.2) is 0 Å². The molecule has 0 amide bonds.